The van der Waals surface area contributed by atoms with E-state index in [2.05, 4.69) is 4.52 Å². The van der Waals surface area contributed by atoms with Crippen molar-refractivity contribution in [2.75, 3.05) is 0 Å². The van der Waals surface area contributed by atoms with Crippen LogP contribution in [-0.4, -0.2) is 25.8 Å². The van der Waals surface area contributed by atoms with E-state index in [1.165, 1.54) is 12.1 Å². The molecule has 0 aliphatic rings. The fourth-order valence-corrected chi connectivity index (χ4v) is 2.60. The van der Waals surface area contributed by atoms with Gasteiger partial charge in [0.05, 0.1) is 5.56 Å². The zero-order valence-electron chi connectivity index (χ0n) is 12.6. The van der Waals surface area contributed by atoms with Crippen molar-refractivity contribution >= 4 is 13.6 Å². The van der Waals surface area contributed by atoms with E-state index in [-0.39, 0.29) is 35.0 Å². The number of carbonyl (C=O) groups is 1. The average Bonchev–Trinajstić information content (AvgIpc) is 2.47. The van der Waals surface area contributed by atoms with Gasteiger partial charge >= 0.3 is 7.82 Å². The molecule has 0 aliphatic carbocycles. The number of carbonyl (C=O) groups excluding carboxylic acids is 1. The summed E-state index contributed by atoms with van der Waals surface area (Å²) in [5.74, 6) is -0.799. The van der Waals surface area contributed by atoms with Crippen molar-refractivity contribution in [1.82, 2.24) is 0 Å². The molecule has 0 atom stereocenters. The van der Waals surface area contributed by atoms with Crippen LogP contribution in [0.25, 0.3) is 0 Å². The zero-order valence-corrected chi connectivity index (χ0v) is 13.5. The van der Waals surface area contributed by atoms with Gasteiger partial charge in [0.2, 0.25) is 0 Å². The first-order chi connectivity index (χ1) is 11.2. The summed E-state index contributed by atoms with van der Waals surface area (Å²) in [4.78, 5) is 30.0. The Bertz CT molecular complexity index is 764. The molecule has 0 unspecified atom stereocenters. The first kappa shape index (κ1) is 18.0. The molecule has 0 fully saturated rings. The lowest BCUT2D eigenvalue weighted by atomic mass is 10.0. The van der Waals surface area contributed by atoms with Crippen LogP contribution in [0, 0.1) is 0 Å². The fourth-order valence-electron chi connectivity index (χ4n) is 2.20. The summed E-state index contributed by atoms with van der Waals surface area (Å²) in [5.41, 5.74) is 0.958. The third kappa shape index (κ3) is 5.38. The van der Waals surface area contributed by atoms with Gasteiger partial charge in [-0.05, 0) is 42.7 Å². The number of benzene rings is 2. The molecular formula is C16H17O7P. The second-order valence-corrected chi connectivity index (χ2v) is 6.37. The number of phenols is 2. The molecule has 0 aliphatic heterocycles. The number of hydrogen-bond donors (Lipinski definition) is 4. The Balaban J connectivity index is 2.03. The van der Waals surface area contributed by atoms with Gasteiger partial charge in [0.15, 0.2) is 5.78 Å². The van der Waals surface area contributed by atoms with Crippen LogP contribution >= 0.6 is 7.82 Å². The minimum atomic E-state index is -4.84. The minimum absolute atomic E-state index is 0.00170. The molecule has 7 nitrogen and oxygen atoms in total. The van der Waals surface area contributed by atoms with Crippen LogP contribution in [0.5, 0.6) is 17.2 Å². The second-order valence-electron chi connectivity index (χ2n) is 5.21. The Morgan fingerprint density at radius 3 is 2.25 bits per heavy atom. The molecule has 0 saturated heterocycles. The monoisotopic (exact) mass is 352 g/mol. The van der Waals surface area contributed by atoms with Crippen molar-refractivity contribution in [2.45, 2.75) is 19.3 Å². The predicted molar refractivity (Wildman–Crippen MR) is 86.2 cm³/mol. The number of phenolic OH excluding ortho intramolecular Hbond substituents is 2. The molecule has 0 aromatic heterocycles. The molecular weight excluding hydrogens is 335 g/mol. The summed E-state index contributed by atoms with van der Waals surface area (Å²) in [5, 5.41) is 18.6. The van der Waals surface area contributed by atoms with E-state index in [0.29, 0.717) is 12.8 Å². The number of ketones is 1. The summed E-state index contributed by atoms with van der Waals surface area (Å²) < 4.78 is 15.4. The van der Waals surface area contributed by atoms with Crippen molar-refractivity contribution in [3.63, 3.8) is 0 Å². The third-order valence-electron chi connectivity index (χ3n) is 3.29. The Morgan fingerprint density at radius 1 is 1.00 bits per heavy atom. The normalized spacial score (nSPS) is 11.2. The molecule has 24 heavy (non-hydrogen) atoms. The Morgan fingerprint density at radius 2 is 1.62 bits per heavy atom. The molecule has 8 heteroatoms. The van der Waals surface area contributed by atoms with E-state index < -0.39 is 7.82 Å². The Kier molecular flexibility index (Phi) is 5.62. The largest absolute Gasteiger partial charge is 0.524 e. The van der Waals surface area contributed by atoms with E-state index in [4.69, 9.17) is 9.79 Å². The number of aryl methyl sites for hydroxylation is 1. The number of hydrogen-bond acceptors (Lipinski definition) is 5. The summed E-state index contributed by atoms with van der Waals surface area (Å²) in [6.45, 7) is 0. The van der Waals surface area contributed by atoms with Gasteiger partial charge in [-0.2, -0.15) is 0 Å². The smallest absolute Gasteiger partial charge is 0.508 e. The van der Waals surface area contributed by atoms with Gasteiger partial charge in [0.25, 0.3) is 0 Å². The van der Waals surface area contributed by atoms with Gasteiger partial charge in [0.1, 0.15) is 17.2 Å². The molecule has 0 amide bonds. The molecule has 0 spiro atoms. The first-order valence-corrected chi connectivity index (χ1v) is 8.67. The van der Waals surface area contributed by atoms with Crippen LogP contribution in [0.2, 0.25) is 0 Å². The topological polar surface area (TPSA) is 124 Å². The van der Waals surface area contributed by atoms with Crippen LogP contribution in [0.1, 0.15) is 28.8 Å². The lowest BCUT2D eigenvalue weighted by molar-refractivity contribution is 0.0978. The van der Waals surface area contributed by atoms with Gasteiger partial charge in [-0.3, -0.25) is 14.6 Å². The maximum Gasteiger partial charge on any atom is 0.524 e. The highest BCUT2D eigenvalue weighted by atomic mass is 31.2. The Hall–Kier alpha value is -2.34. The van der Waals surface area contributed by atoms with Crippen LogP contribution in [0.15, 0.2) is 42.5 Å². The minimum Gasteiger partial charge on any atom is -0.508 e. The van der Waals surface area contributed by atoms with Gasteiger partial charge in [0, 0.05) is 12.5 Å². The standard InChI is InChI=1S/C16H17O7P/c17-12-6-4-11(5-7-12)2-1-3-15(19)14-9-8-13(18)10-16(14)23-24(20,21)22/h4-10,17-18H,1-3H2,(H2,20,21,22). The SMILES string of the molecule is O=C(CCCc1ccc(O)cc1)c1ccc(O)cc1OP(=O)(O)O. The van der Waals surface area contributed by atoms with Gasteiger partial charge < -0.3 is 14.7 Å². The first-order valence-electron chi connectivity index (χ1n) is 7.14. The lowest BCUT2D eigenvalue weighted by Crippen LogP contribution is -2.04. The molecule has 128 valence electrons. The van der Waals surface area contributed by atoms with Crippen molar-refractivity contribution in [1.29, 1.82) is 0 Å². The van der Waals surface area contributed by atoms with Gasteiger partial charge in [-0.25, -0.2) is 4.57 Å². The second kappa shape index (κ2) is 7.49. The summed E-state index contributed by atoms with van der Waals surface area (Å²) >= 11 is 0. The summed E-state index contributed by atoms with van der Waals surface area (Å²) in [7, 11) is -4.84. The van der Waals surface area contributed by atoms with Crippen LogP contribution in [0.4, 0.5) is 0 Å². The van der Waals surface area contributed by atoms with Crippen LogP contribution < -0.4 is 4.52 Å². The maximum atomic E-state index is 12.3. The van der Waals surface area contributed by atoms with Crippen molar-refractivity contribution in [2.24, 2.45) is 0 Å². The summed E-state index contributed by atoms with van der Waals surface area (Å²) in [6, 6.07) is 10.1. The van der Waals surface area contributed by atoms with Crippen molar-refractivity contribution in [3.8, 4) is 17.2 Å². The predicted octanol–water partition coefficient (Wildman–Crippen LogP) is 2.77. The number of rotatable bonds is 7. The summed E-state index contributed by atoms with van der Waals surface area (Å²) in [6.07, 6.45) is 1.27. The highest BCUT2D eigenvalue weighted by Gasteiger charge is 2.21. The van der Waals surface area contributed by atoms with Crippen molar-refractivity contribution < 1.29 is 33.9 Å². The molecule has 2 aromatic rings. The molecule has 4 N–H and O–H groups in total. The maximum absolute atomic E-state index is 12.3. The van der Waals surface area contributed by atoms with E-state index in [9.17, 15) is 19.6 Å². The molecule has 0 saturated carbocycles. The number of aromatic hydroxyl groups is 2. The molecule has 0 bridgehead atoms. The molecule has 0 radical (unpaired) electrons. The van der Waals surface area contributed by atoms with Crippen LogP contribution in [-0.2, 0) is 11.0 Å². The van der Waals surface area contributed by atoms with E-state index in [0.717, 1.165) is 11.6 Å². The number of Topliss-reactive ketones (excluding diaryl/α,β-unsaturated/α-hetero) is 1. The highest BCUT2D eigenvalue weighted by molar-refractivity contribution is 7.46. The van der Waals surface area contributed by atoms with E-state index in [1.807, 2.05) is 0 Å². The Labute approximate surface area is 138 Å². The lowest BCUT2D eigenvalue weighted by Gasteiger charge is -2.11. The molecule has 2 aromatic carbocycles. The van der Waals surface area contributed by atoms with Crippen LogP contribution in [0.3, 0.4) is 0 Å². The molecule has 2 rings (SSSR count). The van der Waals surface area contributed by atoms with Crippen molar-refractivity contribution in [3.05, 3.63) is 53.6 Å². The zero-order chi connectivity index (χ0) is 17.7. The number of phosphoric acid groups is 1. The van der Waals surface area contributed by atoms with E-state index >= 15 is 0 Å². The third-order valence-corrected chi connectivity index (χ3v) is 3.72. The average molecular weight is 352 g/mol. The van der Waals surface area contributed by atoms with Gasteiger partial charge in [-0.1, -0.05) is 12.1 Å². The molecule has 0 heterocycles. The fraction of sp³-hybridized carbons (Fsp3) is 0.188. The highest BCUT2D eigenvalue weighted by Crippen LogP contribution is 2.40. The van der Waals surface area contributed by atoms with Gasteiger partial charge in [-0.15, -0.1) is 0 Å². The number of phosphoric ester groups is 1. The quantitative estimate of drug-likeness (QED) is 0.446. The van der Waals surface area contributed by atoms with E-state index in [1.54, 1.807) is 24.3 Å².